The molecule has 0 bridgehead atoms. The molecule has 0 radical (unpaired) electrons. The lowest BCUT2D eigenvalue weighted by molar-refractivity contribution is -0.114. The number of ether oxygens (including phenoxy) is 1. The molecule has 1 amide bonds. The van der Waals surface area contributed by atoms with Gasteiger partial charge in [0, 0.05) is 29.8 Å². The molecule has 0 saturated carbocycles. The Kier molecular flexibility index (Phi) is 4.98. The normalized spacial score (nSPS) is 10.5. The smallest absolute Gasteiger partial charge is 0.253 e. The summed E-state index contributed by atoms with van der Waals surface area (Å²) in [6, 6.07) is 8.57. The Bertz CT molecular complexity index is 1030. The lowest BCUT2D eigenvalue weighted by atomic mass is 10.1. The van der Waals surface area contributed by atoms with Crippen LogP contribution in [0, 0.1) is 13.8 Å². The summed E-state index contributed by atoms with van der Waals surface area (Å²) in [5, 5.41) is 7.08. The molecule has 2 heterocycles. The van der Waals surface area contributed by atoms with Gasteiger partial charge in [0.25, 0.3) is 5.95 Å². The lowest BCUT2D eigenvalue weighted by Crippen LogP contribution is -2.12. The predicted molar refractivity (Wildman–Crippen MR) is 100 cm³/mol. The summed E-state index contributed by atoms with van der Waals surface area (Å²) in [5.41, 5.74) is 3.27. The molecule has 8 nitrogen and oxygen atoms in total. The molecule has 0 fully saturated rings. The van der Waals surface area contributed by atoms with E-state index in [0.29, 0.717) is 34.3 Å². The highest BCUT2D eigenvalue weighted by atomic mass is 16.5. The Morgan fingerprint density at radius 3 is 2.56 bits per heavy atom. The average Bonchev–Trinajstić information content (AvgIpc) is 2.98. The number of benzene rings is 1. The molecular formula is C19H19N5O3. The molecule has 0 saturated heterocycles. The number of anilines is 1. The van der Waals surface area contributed by atoms with E-state index in [1.807, 2.05) is 19.9 Å². The minimum absolute atomic E-state index is 0.257. The number of aromatic nitrogens is 4. The third-order valence-corrected chi connectivity index (χ3v) is 3.85. The van der Waals surface area contributed by atoms with E-state index < -0.39 is 0 Å². The fourth-order valence-electron chi connectivity index (χ4n) is 2.74. The van der Waals surface area contributed by atoms with Gasteiger partial charge >= 0.3 is 0 Å². The van der Waals surface area contributed by atoms with Crippen LogP contribution in [-0.4, -0.2) is 39.1 Å². The Hall–Kier alpha value is -3.55. The predicted octanol–water partition coefficient (Wildman–Crippen LogP) is 2.73. The van der Waals surface area contributed by atoms with Crippen LogP contribution in [-0.2, 0) is 4.79 Å². The van der Waals surface area contributed by atoms with Gasteiger partial charge in [-0.2, -0.15) is 10.1 Å². The van der Waals surface area contributed by atoms with Crippen LogP contribution in [0.1, 0.15) is 28.7 Å². The van der Waals surface area contributed by atoms with E-state index >= 15 is 0 Å². The number of carbonyl (C=O) groups excluding carboxylic acids is 2. The number of methoxy groups -OCH3 is 1. The van der Waals surface area contributed by atoms with E-state index in [1.165, 1.54) is 14.0 Å². The highest BCUT2D eigenvalue weighted by Gasteiger charge is 2.15. The Labute approximate surface area is 156 Å². The van der Waals surface area contributed by atoms with Gasteiger partial charge in [0.05, 0.1) is 18.5 Å². The molecule has 0 aliphatic carbocycles. The molecule has 0 aliphatic heterocycles. The zero-order valence-electron chi connectivity index (χ0n) is 15.5. The summed E-state index contributed by atoms with van der Waals surface area (Å²) in [4.78, 5) is 31.7. The fraction of sp³-hybridized carbons (Fsp3) is 0.211. The molecule has 3 rings (SSSR count). The number of nitrogens with one attached hydrogen (secondary N) is 1. The van der Waals surface area contributed by atoms with Gasteiger partial charge in [-0.05, 0) is 38.1 Å². The Morgan fingerprint density at radius 1 is 1.19 bits per heavy atom. The first-order valence-electron chi connectivity index (χ1n) is 8.25. The second-order valence-corrected chi connectivity index (χ2v) is 6.04. The van der Waals surface area contributed by atoms with Gasteiger partial charge in [-0.15, -0.1) is 0 Å². The molecule has 3 aromatic rings. The highest BCUT2D eigenvalue weighted by Crippen LogP contribution is 2.31. The molecule has 1 N–H and O–H groups in total. The zero-order chi connectivity index (χ0) is 19.6. The van der Waals surface area contributed by atoms with Crippen molar-refractivity contribution in [2.24, 2.45) is 0 Å². The molecule has 27 heavy (non-hydrogen) atoms. The maximum atomic E-state index is 11.5. The van der Waals surface area contributed by atoms with Crippen molar-refractivity contribution in [3.63, 3.8) is 0 Å². The van der Waals surface area contributed by atoms with Gasteiger partial charge in [0.1, 0.15) is 17.9 Å². The van der Waals surface area contributed by atoms with Crippen molar-refractivity contribution in [2.45, 2.75) is 20.8 Å². The largest absolute Gasteiger partial charge is 0.496 e. The van der Waals surface area contributed by atoms with E-state index in [4.69, 9.17) is 4.74 Å². The van der Waals surface area contributed by atoms with Gasteiger partial charge in [-0.1, -0.05) is 0 Å². The van der Waals surface area contributed by atoms with E-state index in [2.05, 4.69) is 20.4 Å². The van der Waals surface area contributed by atoms with Crippen molar-refractivity contribution in [1.29, 1.82) is 0 Å². The van der Waals surface area contributed by atoms with Crippen molar-refractivity contribution >= 4 is 18.0 Å². The second kappa shape index (κ2) is 7.36. The third-order valence-electron chi connectivity index (χ3n) is 3.85. The number of carbonyl (C=O) groups is 2. The van der Waals surface area contributed by atoms with E-state index in [9.17, 15) is 9.59 Å². The Morgan fingerprint density at radius 2 is 1.96 bits per heavy atom. The quantitative estimate of drug-likeness (QED) is 0.698. The first-order valence-corrected chi connectivity index (χ1v) is 8.25. The second-order valence-electron chi connectivity index (χ2n) is 6.04. The number of aldehydes is 1. The van der Waals surface area contributed by atoms with Crippen LogP contribution in [0.2, 0.25) is 0 Å². The summed E-state index contributed by atoms with van der Waals surface area (Å²) >= 11 is 0. The van der Waals surface area contributed by atoms with Crippen LogP contribution < -0.4 is 10.1 Å². The molecule has 2 aromatic heterocycles. The molecule has 0 atom stereocenters. The van der Waals surface area contributed by atoms with E-state index in [0.717, 1.165) is 17.7 Å². The van der Waals surface area contributed by atoms with E-state index in [-0.39, 0.29) is 5.91 Å². The van der Waals surface area contributed by atoms with Crippen LogP contribution >= 0.6 is 0 Å². The van der Waals surface area contributed by atoms with Crippen molar-refractivity contribution < 1.29 is 14.3 Å². The van der Waals surface area contributed by atoms with Gasteiger partial charge in [-0.25, -0.2) is 9.67 Å². The zero-order valence-corrected chi connectivity index (χ0v) is 15.5. The standard InChI is InChI=1S/C19H19N5O3/c1-11-7-12(2)24(23-11)19-21-16(9-18(22-19)20-13(3)26)15-8-14(10-25)5-6-17(15)27-4/h5-10H,1-4H3,(H,20,21,22,26). The number of aryl methyl sites for hydroxylation is 2. The lowest BCUT2D eigenvalue weighted by Gasteiger charge is -2.12. The summed E-state index contributed by atoms with van der Waals surface area (Å²) in [6.45, 7) is 5.17. The van der Waals surface area contributed by atoms with Crippen molar-refractivity contribution in [2.75, 3.05) is 12.4 Å². The van der Waals surface area contributed by atoms with Gasteiger partial charge < -0.3 is 10.1 Å². The molecular weight excluding hydrogens is 346 g/mol. The number of hydrogen-bond acceptors (Lipinski definition) is 6. The van der Waals surface area contributed by atoms with Crippen LogP contribution in [0.3, 0.4) is 0 Å². The third kappa shape index (κ3) is 3.84. The van der Waals surface area contributed by atoms with Gasteiger partial charge in [0.15, 0.2) is 0 Å². The minimum Gasteiger partial charge on any atom is -0.496 e. The van der Waals surface area contributed by atoms with Crippen LogP contribution in [0.5, 0.6) is 5.75 Å². The summed E-state index contributed by atoms with van der Waals surface area (Å²) in [6.07, 6.45) is 0.751. The molecule has 0 spiro atoms. The fourth-order valence-corrected chi connectivity index (χ4v) is 2.74. The number of rotatable bonds is 5. The topological polar surface area (TPSA) is 99.0 Å². The average molecular weight is 365 g/mol. The minimum atomic E-state index is -0.257. The van der Waals surface area contributed by atoms with Gasteiger partial charge in [0.2, 0.25) is 5.91 Å². The summed E-state index contributed by atoms with van der Waals surface area (Å²) in [5.74, 6) is 0.925. The number of hydrogen-bond donors (Lipinski definition) is 1. The molecule has 138 valence electrons. The number of nitrogens with zero attached hydrogens (tertiary/aromatic N) is 4. The van der Waals surface area contributed by atoms with Crippen molar-refractivity contribution in [1.82, 2.24) is 19.7 Å². The number of amides is 1. The molecule has 0 unspecified atom stereocenters. The first kappa shape index (κ1) is 18.2. The Balaban J connectivity index is 2.23. The van der Waals surface area contributed by atoms with Gasteiger partial charge in [-0.3, -0.25) is 9.59 Å². The SMILES string of the molecule is COc1ccc(C=O)cc1-c1cc(NC(C)=O)nc(-n2nc(C)cc2C)n1. The maximum absolute atomic E-state index is 11.5. The van der Waals surface area contributed by atoms with E-state index in [1.54, 1.807) is 28.9 Å². The van der Waals surface area contributed by atoms with Crippen LogP contribution in [0.15, 0.2) is 30.3 Å². The summed E-state index contributed by atoms with van der Waals surface area (Å²) < 4.78 is 7.00. The maximum Gasteiger partial charge on any atom is 0.253 e. The molecule has 1 aromatic carbocycles. The molecule has 0 aliphatic rings. The monoisotopic (exact) mass is 365 g/mol. The van der Waals surface area contributed by atoms with Crippen LogP contribution in [0.25, 0.3) is 17.2 Å². The van der Waals surface area contributed by atoms with Crippen molar-refractivity contribution in [3.05, 3.63) is 47.3 Å². The van der Waals surface area contributed by atoms with Crippen molar-refractivity contribution in [3.8, 4) is 23.0 Å². The van der Waals surface area contributed by atoms with Crippen LogP contribution in [0.4, 0.5) is 5.82 Å². The molecule has 8 heteroatoms. The summed E-state index contributed by atoms with van der Waals surface area (Å²) in [7, 11) is 1.54. The highest BCUT2D eigenvalue weighted by molar-refractivity contribution is 5.88. The first-order chi connectivity index (χ1) is 12.9.